The van der Waals surface area contributed by atoms with Crippen LogP contribution in [0.15, 0.2) is 29.2 Å². The summed E-state index contributed by atoms with van der Waals surface area (Å²) in [4.78, 5) is 2.61. The van der Waals surface area contributed by atoms with Gasteiger partial charge in [-0.25, -0.2) is 8.42 Å². The fourth-order valence-electron chi connectivity index (χ4n) is 3.49. The van der Waals surface area contributed by atoms with Gasteiger partial charge in [-0.3, -0.25) is 0 Å². The van der Waals surface area contributed by atoms with Crippen LogP contribution in [0.3, 0.4) is 0 Å². The molecule has 0 unspecified atom stereocenters. The molecule has 0 aliphatic carbocycles. The van der Waals surface area contributed by atoms with E-state index >= 15 is 0 Å². The van der Waals surface area contributed by atoms with Crippen molar-refractivity contribution in [3.05, 3.63) is 24.3 Å². The van der Waals surface area contributed by atoms with E-state index in [4.69, 9.17) is 9.47 Å². The lowest BCUT2D eigenvalue weighted by Gasteiger charge is -2.28. The van der Waals surface area contributed by atoms with Crippen LogP contribution >= 0.6 is 0 Å². The third-order valence-electron chi connectivity index (χ3n) is 4.91. The van der Waals surface area contributed by atoms with E-state index in [1.807, 2.05) is 13.0 Å². The monoisotopic (exact) mass is 354 g/mol. The zero-order chi connectivity index (χ0) is 17.2. The van der Waals surface area contributed by atoms with E-state index in [0.29, 0.717) is 12.4 Å². The Bertz CT molecular complexity index is 664. The first-order chi connectivity index (χ1) is 11.5. The fraction of sp³-hybridized carbons (Fsp3) is 0.647. The summed E-state index contributed by atoms with van der Waals surface area (Å²) in [6.45, 7) is 6.05. The highest BCUT2D eigenvalue weighted by Crippen LogP contribution is 2.35. The average Bonchev–Trinajstić information content (AvgIpc) is 2.81. The fourth-order valence-corrected chi connectivity index (χ4v) is 5.02. The second-order valence-corrected chi connectivity index (χ2v) is 8.27. The van der Waals surface area contributed by atoms with Crippen molar-refractivity contribution in [1.82, 2.24) is 9.21 Å². The van der Waals surface area contributed by atoms with Crippen molar-refractivity contribution < 1.29 is 17.9 Å². The van der Waals surface area contributed by atoms with Gasteiger partial charge in [0.05, 0.1) is 12.6 Å². The van der Waals surface area contributed by atoms with Crippen molar-refractivity contribution in [2.75, 3.05) is 39.9 Å². The van der Waals surface area contributed by atoms with E-state index in [2.05, 4.69) is 4.90 Å². The maximum atomic E-state index is 12.9. The first-order valence-corrected chi connectivity index (χ1v) is 10.0. The average molecular weight is 354 g/mol. The molecular weight excluding hydrogens is 328 g/mol. The largest absolute Gasteiger partial charge is 0.487 e. The van der Waals surface area contributed by atoms with Gasteiger partial charge >= 0.3 is 0 Å². The SMILES string of the molecule is CCOCCN1CC[C@@H]2Oc3ccccc3S(=O)(=O)N(C)[C@H]2CC1. The summed E-state index contributed by atoms with van der Waals surface area (Å²) in [5.41, 5.74) is 0. The molecule has 2 aliphatic heterocycles. The minimum Gasteiger partial charge on any atom is -0.487 e. The van der Waals surface area contributed by atoms with Crippen LogP contribution in [-0.2, 0) is 14.8 Å². The number of likely N-dealkylation sites (N-methyl/N-ethyl adjacent to an activating group) is 1. The number of nitrogens with zero attached hydrogens (tertiary/aromatic N) is 2. The number of sulfonamides is 1. The van der Waals surface area contributed by atoms with Crippen LogP contribution in [-0.4, -0.2) is 69.7 Å². The second-order valence-electron chi connectivity index (χ2n) is 6.31. The van der Waals surface area contributed by atoms with Crippen molar-refractivity contribution in [3.8, 4) is 5.75 Å². The van der Waals surface area contributed by atoms with Gasteiger partial charge in [0.15, 0.2) is 0 Å². The van der Waals surface area contributed by atoms with Gasteiger partial charge in [-0.1, -0.05) is 12.1 Å². The predicted molar refractivity (Wildman–Crippen MR) is 91.8 cm³/mol. The van der Waals surface area contributed by atoms with Crippen molar-refractivity contribution in [1.29, 1.82) is 0 Å². The number of fused-ring (bicyclic) bond motifs is 2. The summed E-state index contributed by atoms with van der Waals surface area (Å²) in [6, 6.07) is 6.80. The Morgan fingerprint density at radius 2 is 2.00 bits per heavy atom. The zero-order valence-corrected chi connectivity index (χ0v) is 15.2. The summed E-state index contributed by atoms with van der Waals surface area (Å²) in [6.07, 6.45) is 1.46. The van der Waals surface area contributed by atoms with E-state index in [9.17, 15) is 8.42 Å². The van der Waals surface area contributed by atoms with Gasteiger partial charge in [-0.05, 0) is 38.4 Å². The molecule has 3 rings (SSSR count). The molecular formula is C17H26N2O4S. The summed E-state index contributed by atoms with van der Waals surface area (Å²) in [5, 5.41) is 0. The summed E-state index contributed by atoms with van der Waals surface area (Å²) < 4.78 is 38.9. The molecule has 1 fully saturated rings. The molecule has 6 nitrogen and oxygen atoms in total. The molecule has 7 heteroatoms. The minimum atomic E-state index is -3.52. The normalized spacial score (nSPS) is 27.4. The van der Waals surface area contributed by atoms with E-state index in [1.54, 1.807) is 25.2 Å². The van der Waals surface area contributed by atoms with Gasteiger partial charge in [0, 0.05) is 26.7 Å². The molecule has 0 N–H and O–H groups in total. The maximum absolute atomic E-state index is 12.9. The molecule has 134 valence electrons. The Kier molecular flexibility index (Phi) is 5.44. The lowest BCUT2D eigenvalue weighted by molar-refractivity contribution is 0.110. The molecule has 0 spiro atoms. The quantitative estimate of drug-likeness (QED) is 0.768. The van der Waals surface area contributed by atoms with E-state index in [0.717, 1.165) is 39.1 Å². The molecule has 2 aliphatic rings. The Balaban J connectivity index is 1.81. The Labute approximate surface area is 144 Å². The molecule has 2 heterocycles. The van der Waals surface area contributed by atoms with E-state index < -0.39 is 10.0 Å². The Morgan fingerprint density at radius 1 is 1.25 bits per heavy atom. The van der Waals surface area contributed by atoms with Gasteiger partial charge < -0.3 is 14.4 Å². The number of para-hydroxylation sites is 1. The van der Waals surface area contributed by atoms with Crippen molar-refractivity contribution in [2.45, 2.75) is 36.8 Å². The van der Waals surface area contributed by atoms with E-state index in [-0.39, 0.29) is 17.0 Å². The minimum absolute atomic E-state index is 0.120. The van der Waals surface area contributed by atoms with Crippen LogP contribution in [0.4, 0.5) is 0 Å². The molecule has 1 aromatic carbocycles. The molecule has 0 aromatic heterocycles. The summed E-state index contributed by atoms with van der Waals surface area (Å²) in [7, 11) is -1.84. The number of hydrogen-bond donors (Lipinski definition) is 0. The number of likely N-dealkylation sites (tertiary alicyclic amines) is 1. The summed E-state index contributed by atoms with van der Waals surface area (Å²) in [5.74, 6) is 0.472. The molecule has 0 bridgehead atoms. The van der Waals surface area contributed by atoms with Gasteiger partial charge in [0.1, 0.15) is 16.7 Å². The number of hydrogen-bond acceptors (Lipinski definition) is 5. The highest BCUT2D eigenvalue weighted by atomic mass is 32.2. The molecule has 0 amide bonds. The lowest BCUT2D eigenvalue weighted by Crippen LogP contribution is -2.44. The Hall–Kier alpha value is -1.15. The topological polar surface area (TPSA) is 59.1 Å². The number of rotatable bonds is 4. The molecule has 0 radical (unpaired) electrons. The van der Waals surface area contributed by atoms with E-state index in [1.165, 1.54) is 4.31 Å². The van der Waals surface area contributed by atoms with Crippen LogP contribution < -0.4 is 4.74 Å². The highest BCUT2D eigenvalue weighted by Gasteiger charge is 2.41. The van der Waals surface area contributed by atoms with Gasteiger partial charge in [-0.15, -0.1) is 0 Å². The number of ether oxygens (including phenoxy) is 2. The molecule has 1 aromatic rings. The van der Waals surface area contributed by atoms with Crippen LogP contribution in [0.2, 0.25) is 0 Å². The van der Waals surface area contributed by atoms with Gasteiger partial charge in [0.2, 0.25) is 10.0 Å². The predicted octanol–water partition coefficient (Wildman–Crippen LogP) is 1.57. The smallest absolute Gasteiger partial charge is 0.246 e. The standard InChI is InChI=1S/C17H26N2O4S/c1-3-22-13-12-19-10-8-14-15(9-11-19)23-16-6-4-5-7-17(16)24(20,21)18(14)2/h4-7,14-15H,3,8-13H2,1-2H3/t14-,15-/m0/s1. The van der Waals surface area contributed by atoms with Crippen LogP contribution in [0, 0.1) is 0 Å². The zero-order valence-electron chi connectivity index (χ0n) is 14.3. The maximum Gasteiger partial charge on any atom is 0.246 e. The lowest BCUT2D eigenvalue weighted by atomic mass is 10.1. The Morgan fingerprint density at radius 3 is 2.79 bits per heavy atom. The first kappa shape index (κ1) is 17.7. The van der Waals surface area contributed by atoms with Crippen molar-refractivity contribution in [3.63, 3.8) is 0 Å². The van der Waals surface area contributed by atoms with Crippen LogP contribution in [0.1, 0.15) is 19.8 Å². The first-order valence-electron chi connectivity index (χ1n) is 8.58. The number of benzene rings is 1. The molecule has 2 atom stereocenters. The highest BCUT2D eigenvalue weighted by molar-refractivity contribution is 7.89. The van der Waals surface area contributed by atoms with Crippen molar-refractivity contribution >= 4 is 10.0 Å². The second kappa shape index (κ2) is 7.39. The van der Waals surface area contributed by atoms with Crippen LogP contribution in [0.25, 0.3) is 0 Å². The molecule has 24 heavy (non-hydrogen) atoms. The van der Waals surface area contributed by atoms with Crippen molar-refractivity contribution in [2.24, 2.45) is 0 Å². The third-order valence-corrected chi connectivity index (χ3v) is 6.83. The van der Waals surface area contributed by atoms with Gasteiger partial charge in [-0.2, -0.15) is 4.31 Å². The summed E-state index contributed by atoms with van der Waals surface area (Å²) >= 11 is 0. The molecule has 1 saturated heterocycles. The third kappa shape index (κ3) is 3.44. The van der Waals surface area contributed by atoms with Gasteiger partial charge in [0.25, 0.3) is 0 Å². The van der Waals surface area contributed by atoms with Crippen LogP contribution in [0.5, 0.6) is 5.75 Å². The molecule has 0 saturated carbocycles.